The molecule has 0 fully saturated rings. The number of hydrogen-bond acceptors (Lipinski definition) is 3. The molecular formula is C58H38N2S. The molecule has 0 saturated carbocycles. The lowest BCUT2D eigenvalue weighted by molar-refractivity contribution is 0.714. The molecule has 3 heteroatoms. The monoisotopic (exact) mass is 794 g/mol. The van der Waals surface area contributed by atoms with Crippen LogP contribution in [0.25, 0.3) is 98.2 Å². The Labute approximate surface area is 359 Å². The molecule has 286 valence electrons. The van der Waals surface area contributed by atoms with Crippen molar-refractivity contribution >= 4 is 42.3 Å². The van der Waals surface area contributed by atoms with Gasteiger partial charge >= 0.3 is 0 Å². The van der Waals surface area contributed by atoms with Crippen molar-refractivity contribution < 1.29 is 0 Å². The topological polar surface area (TPSA) is 25.8 Å². The molecule has 1 aliphatic carbocycles. The maximum atomic E-state index is 5.39. The summed E-state index contributed by atoms with van der Waals surface area (Å²) in [5.74, 6) is 0.701. The summed E-state index contributed by atoms with van der Waals surface area (Å²) < 4.78 is 2.59. The number of nitrogens with zero attached hydrogens (tertiary/aromatic N) is 2. The van der Waals surface area contributed by atoms with Crippen molar-refractivity contribution in [3.63, 3.8) is 0 Å². The molecule has 61 heavy (non-hydrogen) atoms. The molecule has 0 aliphatic heterocycles. The van der Waals surface area contributed by atoms with E-state index >= 15 is 0 Å². The van der Waals surface area contributed by atoms with Crippen LogP contribution in [0.2, 0.25) is 0 Å². The number of aromatic nitrogens is 2. The molecule has 0 radical (unpaired) electrons. The first-order chi connectivity index (χ1) is 30.1. The molecule has 0 spiro atoms. The molecule has 0 amide bonds. The van der Waals surface area contributed by atoms with E-state index in [1.54, 1.807) is 0 Å². The lowest BCUT2D eigenvalue weighted by Crippen LogP contribution is -2.22. The molecule has 1 atom stereocenters. The smallest absolute Gasteiger partial charge is 0.160 e. The Bertz CT molecular complexity index is 3490. The molecule has 1 aliphatic rings. The normalized spacial score (nSPS) is 14.4. The Balaban J connectivity index is 1.09. The lowest BCUT2D eigenvalue weighted by atomic mass is 9.74. The Morgan fingerprint density at radius 2 is 1.02 bits per heavy atom. The van der Waals surface area contributed by atoms with Gasteiger partial charge in [-0.15, -0.1) is 11.3 Å². The van der Waals surface area contributed by atoms with Crippen molar-refractivity contribution in [1.82, 2.24) is 9.97 Å². The molecule has 2 nitrogen and oxygen atoms in total. The fraction of sp³-hybridized carbons (Fsp3) is 0.0345. The third kappa shape index (κ3) is 5.84. The van der Waals surface area contributed by atoms with E-state index in [-0.39, 0.29) is 5.41 Å². The van der Waals surface area contributed by atoms with E-state index in [0.717, 1.165) is 39.2 Å². The highest BCUT2D eigenvalue weighted by Crippen LogP contribution is 2.53. The molecule has 2 aromatic heterocycles. The largest absolute Gasteiger partial charge is 0.228 e. The van der Waals surface area contributed by atoms with Gasteiger partial charge in [0.2, 0.25) is 0 Å². The van der Waals surface area contributed by atoms with Gasteiger partial charge in [0, 0.05) is 42.3 Å². The number of hydrogen-bond donors (Lipinski definition) is 0. The first kappa shape index (κ1) is 35.5. The molecule has 11 aromatic rings. The van der Waals surface area contributed by atoms with Crippen LogP contribution in [-0.4, -0.2) is 9.97 Å². The highest BCUT2D eigenvalue weighted by atomic mass is 32.1. The van der Waals surface area contributed by atoms with Crippen LogP contribution in [0.3, 0.4) is 0 Å². The fourth-order valence-electron chi connectivity index (χ4n) is 9.63. The minimum Gasteiger partial charge on any atom is -0.228 e. The standard InChI is InChI=1S/C58H38N2S/c1-58(45-19-6-3-7-20-45)51-25-12-10-21-47(51)48-30-29-41(35-52(48)58)53-36-54(60-57(59-53)38-16-4-2-5-17-38)44-33-42(40-28-27-37-15-8-9-18-39(37)31-40)32-43(34-44)46-23-14-24-50-49-22-11-13-26-55(49)61-56(46)50/h2-36H,1H3. The van der Waals surface area contributed by atoms with Gasteiger partial charge in [-0.25, -0.2) is 9.97 Å². The zero-order valence-electron chi connectivity index (χ0n) is 33.5. The van der Waals surface area contributed by atoms with Crippen LogP contribution < -0.4 is 0 Å². The summed E-state index contributed by atoms with van der Waals surface area (Å²) in [4.78, 5) is 10.7. The molecule has 0 saturated heterocycles. The Morgan fingerprint density at radius 1 is 0.377 bits per heavy atom. The van der Waals surface area contributed by atoms with E-state index in [1.165, 1.54) is 69.9 Å². The first-order valence-electron chi connectivity index (χ1n) is 20.9. The zero-order chi connectivity index (χ0) is 40.5. The van der Waals surface area contributed by atoms with Crippen molar-refractivity contribution in [2.75, 3.05) is 0 Å². The van der Waals surface area contributed by atoms with Gasteiger partial charge in [0.05, 0.1) is 11.4 Å². The van der Waals surface area contributed by atoms with Crippen molar-refractivity contribution in [2.45, 2.75) is 12.3 Å². The summed E-state index contributed by atoms with van der Waals surface area (Å²) in [6.45, 7) is 2.37. The summed E-state index contributed by atoms with van der Waals surface area (Å²) in [5.41, 5.74) is 15.7. The number of thiophene rings is 1. The van der Waals surface area contributed by atoms with E-state index in [1.807, 2.05) is 17.4 Å². The van der Waals surface area contributed by atoms with Crippen molar-refractivity contribution in [2.24, 2.45) is 0 Å². The van der Waals surface area contributed by atoms with Gasteiger partial charge in [0.1, 0.15) is 0 Å². The average molecular weight is 795 g/mol. The molecule has 0 bridgehead atoms. The van der Waals surface area contributed by atoms with Crippen LogP contribution in [0.4, 0.5) is 0 Å². The molecule has 12 rings (SSSR count). The van der Waals surface area contributed by atoms with Gasteiger partial charge in [-0.3, -0.25) is 0 Å². The predicted octanol–water partition coefficient (Wildman–Crippen LogP) is 15.7. The zero-order valence-corrected chi connectivity index (χ0v) is 34.3. The molecular weight excluding hydrogens is 757 g/mol. The maximum Gasteiger partial charge on any atom is 0.160 e. The van der Waals surface area contributed by atoms with Crippen LogP contribution in [0.1, 0.15) is 23.6 Å². The fourth-order valence-corrected chi connectivity index (χ4v) is 10.9. The van der Waals surface area contributed by atoms with E-state index in [0.29, 0.717) is 5.82 Å². The Morgan fingerprint density at radius 3 is 1.89 bits per heavy atom. The number of fused-ring (bicyclic) bond motifs is 7. The molecule has 2 heterocycles. The summed E-state index contributed by atoms with van der Waals surface area (Å²) in [6, 6.07) is 77.1. The summed E-state index contributed by atoms with van der Waals surface area (Å²) in [6.07, 6.45) is 0. The Hall–Kier alpha value is -7.46. The maximum absolute atomic E-state index is 5.39. The van der Waals surface area contributed by atoms with Crippen LogP contribution in [0, 0.1) is 0 Å². The third-order valence-electron chi connectivity index (χ3n) is 12.7. The van der Waals surface area contributed by atoms with E-state index in [9.17, 15) is 0 Å². The highest BCUT2D eigenvalue weighted by Gasteiger charge is 2.40. The van der Waals surface area contributed by atoms with Gasteiger partial charge in [-0.05, 0) is 110 Å². The van der Waals surface area contributed by atoms with E-state index in [4.69, 9.17) is 9.97 Å². The van der Waals surface area contributed by atoms with Gasteiger partial charge in [-0.1, -0.05) is 170 Å². The number of rotatable bonds is 6. The second-order valence-corrected chi connectivity index (χ2v) is 17.3. The third-order valence-corrected chi connectivity index (χ3v) is 14.0. The quantitative estimate of drug-likeness (QED) is 0.168. The average Bonchev–Trinajstić information content (AvgIpc) is 3.84. The predicted molar refractivity (Wildman–Crippen MR) is 257 cm³/mol. The van der Waals surface area contributed by atoms with E-state index in [2.05, 4.69) is 213 Å². The van der Waals surface area contributed by atoms with Gasteiger partial charge in [-0.2, -0.15) is 0 Å². The lowest BCUT2D eigenvalue weighted by Gasteiger charge is -2.28. The highest BCUT2D eigenvalue weighted by molar-refractivity contribution is 7.26. The first-order valence-corrected chi connectivity index (χ1v) is 21.7. The second kappa shape index (κ2) is 14.1. The minimum atomic E-state index is -0.321. The van der Waals surface area contributed by atoms with Crippen molar-refractivity contribution in [3.05, 3.63) is 229 Å². The van der Waals surface area contributed by atoms with Gasteiger partial charge in [0.25, 0.3) is 0 Å². The van der Waals surface area contributed by atoms with Gasteiger partial charge < -0.3 is 0 Å². The van der Waals surface area contributed by atoms with Crippen LogP contribution in [0.15, 0.2) is 212 Å². The summed E-state index contributed by atoms with van der Waals surface area (Å²) in [7, 11) is 0. The Kier molecular flexibility index (Phi) is 8.19. The minimum absolute atomic E-state index is 0.321. The van der Waals surface area contributed by atoms with Crippen LogP contribution in [0.5, 0.6) is 0 Å². The van der Waals surface area contributed by atoms with Crippen LogP contribution >= 0.6 is 11.3 Å². The van der Waals surface area contributed by atoms with Gasteiger partial charge in [0.15, 0.2) is 5.82 Å². The number of benzene rings is 9. The second-order valence-electron chi connectivity index (χ2n) is 16.3. The van der Waals surface area contributed by atoms with Crippen LogP contribution in [-0.2, 0) is 5.41 Å². The molecule has 1 unspecified atom stereocenters. The van der Waals surface area contributed by atoms with Crippen molar-refractivity contribution in [3.8, 4) is 67.3 Å². The molecule has 9 aromatic carbocycles. The summed E-state index contributed by atoms with van der Waals surface area (Å²) >= 11 is 1.87. The summed E-state index contributed by atoms with van der Waals surface area (Å²) in [5, 5.41) is 5.03. The SMILES string of the molecule is CC1(c2ccccc2)c2ccccc2-c2ccc(-c3cc(-c4cc(-c5ccc6ccccc6c5)cc(-c5cccc6c5sc5ccccc56)c4)nc(-c4ccccc4)n3)cc21. The van der Waals surface area contributed by atoms with Crippen molar-refractivity contribution in [1.29, 1.82) is 0 Å². The van der Waals surface area contributed by atoms with E-state index < -0.39 is 0 Å². The molecule has 0 N–H and O–H groups in total.